The van der Waals surface area contributed by atoms with E-state index in [9.17, 15) is 0 Å². The first-order chi connectivity index (χ1) is 8.67. The molecule has 0 aromatic carbocycles. The summed E-state index contributed by atoms with van der Waals surface area (Å²) in [6, 6.07) is 2.42. The Morgan fingerprint density at radius 1 is 1.11 bits per heavy atom. The first-order valence-electron chi connectivity index (χ1n) is 8.16. The van der Waals surface area contributed by atoms with E-state index in [1.165, 1.54) is 38.6 Å². The number of nitrogens with zero attached hydrogens (tertiary/aromatic N) is 1. The summed E-state index contributed by atoms with van der Waals surface area (Å²) in [6.07, 6.45) is 6.97. The van der Waals surface area contributed by atoms with E-state index in [4.69, 9.17) is 0 Å². The lowest BCUT2D eigenvalue weighted by Crippen LogP contribution is -2.57. The van der Waals surface area contributed by atoms with E-state index in [1.54, 1.807) is 0 Å². The van der Waals surface area contributed by atoms with Gasteiger partial charge in [0.2, 0.25) is 0 Å². The third-order valence-electron chi connectivity index (χ3n) is 4.77. The van der Waals surface area contributed by atoms with Crippen molar-refractivity contribution in [3.05, 3.63) is 0 Å². The Labute approximate surface area is 114 Å². The molecule has 0 heterocycles. The van der Waals surface area contributed by atoms with Gasteiger partial charge >= 0.3 is 0 Å². The first kappa shape index (κ1) is 14.3. The molecule has 106 valence electrons. The maximum atomic E-state index is 3.78. The quantitative estimate of drug-likeness (QED) is 0.780. The molecular formula is C16H32N2. The zero-order valence-corrected chi connectivity index (χ0v) is 12.8. The van der Waals surface area contributed by atoms with Gasteiger partial charge in [-0.3, -0.25) is 4.90 Å². The largest absolute Gasteiger partial charge is 0.313 e. The van der Waals surface area contributed by atoms with Crippen LogP contribution >= 0.6 is 0 Å². The molecule has 2 rings (SSSR count). The van der Waals surface area contributed by atoms with Gasteiger partial charge in [-0.05, 0) is 57.0 Å². The number of likely N-dealkylation sites (N-methyl/N-ethyl adjacent to an activating group) is 1. The predicted molar refractivity (Wildman–Crippen MR) is 78.8 cm³/mol. The molecule has 0 amide bonds. The van der Waals surface area contributed by atoms with Crippen molar-refractivity contribution in [2.24, 2.45) is 11.8 Å². The third kappa shape index (κ3) is 3.27. The summed E-state index contributed by atoms with van der Waals surface area (Å²) < 4.78 is 0. The van der Waals surface area contributed by atoms with Gasteiger partial charge in [0.1, 0.15) is 0 Å². The molecule has 4 unspecified atom stereocenters. The summed E-state index contributed by atoms with van der Waals surface area (Å²) in [5.41, 5.74) is 0. The summed E-state index contributed by atoms with van der Waals surface area (Å²) in [4.78, 5) is 2.85. The molecule has 2 aliphatic rings. The lowest BCUT2D eigenvalue weighted by atomic mass is 9.75. The molecule has 2 saturated carbocycles. The Balaban J connectivity index is 2.08. The standard InChI is InChI=1S/C16H32N2/c1-5-9-18(14-7-8-14)16-13(4)10-12(3)11-15(16)17-6-2/h12-17H,5-11H2,1-4H3. The summed E-state index contributed by atoms with van der Waals surface area (Å²) >= 11 is 0. The molecule has 4 atom stereocenters. The fraction of sp³-hybridized carbons (Fsp3) is 1.00. The lowest BCUT2D eigenvalue weighted by Gasteiger charge is -2.46. The van der Waals surface area contributed by atoms with Crippen LogP contribution in [-0.2, 0) is 0 Å². The van der Waals surface area contributed by atoms with Crippen LogP contribution in [-0.4, -0.2) is 36.1 Å². The van der Waals surface area contributed by atoms with Gasteiger partial charge in [-0.25, -0.2) is 0 Å². The topological polar surface area (TPSA) is 15.3 Å². The average molecular weight is 252 g/mol. The van der Waals surface area contributed by atoms with Crippen molar-refractivity contribution in [1.82, 2.24) is 10.2 Å². The van der Waals surface area contributed by atoms with E-state index in [1.807, 2.05) is 0 Å². The van der Waals surface area contributed by atoms with Crippen LogP contribution in [0.4, 0.5) is 0 Å². The van der Waals surface area contributed by atoms with E-state index >= 15 is 0 Å². The van der Waals surface area contributed by atoms with E-state index in [-0.39, 0.29) is 0 Å². The van der Waals surface area contributed by atoms with Gasteiger partial charge in [-0.1, -0.05) is 27.7 Å². The van der Waals surface area contributed by atoms with E-state index in [0.717, 1.165) is 36.5 Å². The minimum Gasteiger partial charge on any atom is -0.313 e. The molecule has 0 saturated heterocycles. The molecule has 0 aliphatic heterocycles. The highest BCUT2D eigenvalue weighted by atomic mass is 15.2. The van der Waals surface area contributed by atoms with Crippen molar-refractivity contribution < 1.29 is 0 Å². The maximum Gasteiger partial charge on any atom is 0.0278 e. The van der Waals surface area contributed by atoms with Crippen LogP contribution in [0.15, 0.2) is 0 Å². The second-order valence-electron chi connectivity index (χ2n) is 6.68. The molecule has 2 fully saturated rings. The zero-order valence-electron chi connectivity index (χ0n) is 12.8. The highest BCUT2D eigenvalue weighted by Gasteiger charge is 2.42. The molecule has 0 aromatic rings. The average Bonchev–Trinajstić information content (AvgIpc) is 3.11. The second-order valence-corrected chi connectivity index (χ2v) is 6.68. The molecule has 0 radical (unpaired) electrons. The normalized spacial score (nSPS) is 37.2. The molecule has 0 aromatic heterocycles. The SMILES string of the molecule is CCCN(C1CC1)C1C(C)CC(C)CC1NCC. The van der Waals surface area contributed by atoms with Gasteiger partial charge in [0, 0.05) is 18.1 Å². The van der Waals surface area contributed by atoms with E-state index in [2.05, 4.69) is 37.9 Å². The molecular weight excluding hydrogens is 220 g/mol. The van der Waals surface area contributed by atoms with Gasteiger partial charge in [-0.2, -0.15) is 0 Å². The fourth-order valence-electron chi connectivity index (χ4n) is 4.10. The van der Waals surface area contributed by atoms with E-state index in [0.29, 0.717) is 0 Å². The Morgan fingerprint density at radius 2 is 1.83 bits per heavy atom. The molecule has 2 aliphatic carbocycles. The zero-order chi connectivity index (χ0) is 13.1. The van der Waals surface area contributed by atoms with Crippen molar-refractivity contribution in [3.63, 3.8) is 0 Å². The molecule has 1 N–H and O–H groups in total. The van der Waals surface area contributed by atoms with Gasteiger partial charge in [0.25, 0.3) is 0 Å². The van der Waals surface area contributed by atoms with Crippen LogP contribution in [0.3, 0.4) is 0 Å². The van der Waals surface area contributed by atoms with Gasteiger partial charge in [-0.15, -0.1) is 0 Å². The number of hydrogen-bond acceptors (Lipinski definition) is 2. The van der Waals surface area contributed by atoms with Crippen LogP contribution < -0.4 is 5.32 Å². The van der Waals surface area contributed by atoms with E-state index < -0.39 is 0 Å². The smallest absolute Gasteiger partial charge is 0.0278 e. The van der Waals surface area contributed by atoms with Crippen molar-refractivity contribution in [2.75, 3.05) is 13.1 Å². The monoisotopic (exact) mass is 252 g/mol. The molecule has 2 heteroatoms. The van der Waals surface area contributed by atoms with Crippen molar-refractivity contribution >= 4 is 0 Å². The third-order valence-corrected chi connectivity index (χ3v) is 4.77. The minimum atomic E-state index is 0.723. The Morgan fingerprint density at radius 3 is 2.39 bits per heavy atom. The first-order valence-corrected chi connectivity index (χ1v) is 8.16. The van der Waals surface area contributed by atoms with Crippen LogP contribution in [0.5, 0.6) is 0 Å². The Hall–Kier alpha value is -0.0800. The van der Waals surface area contributed by atoms with Crippen molar-refractivity contribution in [2.45, 2.75) is 77.9 Å². The van der Waals surface area contributed by atoms with Crippen LogP contribution in [0.1, 0.15) is 59.8 Å². The highest BCUT2D eigenvalue weighted by molar-refractivity contribution is 4.98. The number of nitrogens with one attached hydrogen (secondary N) is 1. The molecule has 2 nitrogen and oxygen atoms in total. The van der Waals surface area contributed by atoms with Gasteiger partial charge in [0.15, 0.2) is 0 Å². The number of hydrogen-bond donors (Lipinski definition) is 1. The minimum absolute atomic E-state index is 0.723. The summed E-state index contributed by atoms with van der Waals surface area (Å²) in [6.45, 7) is 11.9. The molecule has 0 bridgehead atoms. The predicted octanol–water partition coefficient (Wildman–Crippen LogP) is 3.27. The van der Waals surface area contributed by atoms with Crippen LogP contribution in [0, 0.1) is 11.8 Å². The lowest BCUT2D eigenvalue weighted by molar-refractivity contribution is 0.0556. The Bertz CT molecular complexity index is 249. The van der Waals surface area contributed by atoms with Crippen molar-refractivity contribution in [3.8, 4) is 0 Å². The second kappa shape index (κ2) is 6.38. The van der Waals surface area contributed by atoms with Gasteiger partial charge in [0.05, 0.1) is 0 Å². The van der Waals surface area contributed by atoms with Crippen LogP contribution in [0.2, 0.25) is 0 Å². The van der Waals surface area contributed by atoms with Crippen molar-refractivity contribution in [1.29, 1.82) is 0 Å². The molecule has 18 heavy (non-hydrogen) atoms. The maximum absolute atomic E-state index is 3.78. The summed E-state index contributed by atoms with van der Waals surface area (Å²) in [5.74, 6) is 1.74. The Kier molecular flexibility index (Phi) is 5.08. The highest BCUT2D eigenvalue weighted by Crippen LogP contribution is 2.38. The number of rotatable bonds is 6. The molecule has 0 spiro atoms. The summed E-state index contributed by atoms with van der Waals surface area (Å²) in [7, 11) is 0. The summed E-state index contributed by atoms with van der Waals surface area (Å²) in [5, 5.41) is 3.78. The fourth-order valence-corrected chi connectivity index (χ4v) is 4.10. The van der Waals surface area contributed by atoms with Gasteiger partial charge < -0.3 is 5.32 Å². The van der Waals surface area contributed by atoms with Crippen LogP contribution in [0.25, 0.3) is 0 Å².